The van der Waals surface area contributed by atoms with Gasteiger partial charge in [-0.1, -0.05) is 24.3 Å². The number of amides is 1. The van der Waals surface area contributed by atoms with Gasteiger partial charge in [-0.05, 0) is 43.7 Å². The number of methoxy groups -OCH3 is 2. The van der Waals surface area contributed by atoms with Gasteiger partial charge in [0.1, 0.15) is 0 Å². The zero-order chi connectivity index (χ0) is 19.4. The van der Waals surface area contributed by atoms with Gasteiger partial charge in [-0.2, -0.15) is 0 Å². The maximum atomic E-state index is 13.3. The first-order chi connectivity index (χ1) is 13.1. The Bertz CT molecular complexity index is 969. The van der Waals surface area contributed by atoms with Crippen molar-refractivity contribution >= 4 is 16.8 Å². The second-order valence-corrected chi connectivity index (χ2v) is 6.34. The number of hydrogen-bond donors (Lipinski definition) is 0. The van der Waals surface area contributed by atoms with E-state index in [2.05, 4.69) is 4.98 Å². The molecule has 2 aromatic carbocycles. The van der Waals surface area contributed by atoms with Crippen LogP contribution in [-0.2, 0) is 6.54 Å². The van der Waals surface area contributed by atoms with E-state index in [4.69, 9.17) is 9.47 Å². The summed E-state index contributed by atoms with van der Waals surface area (Å²) < 4.78 is 10.7. The van der Waals surface area contributed by atoms with Gasteiger partial charge in [0.25, 0.3) is 5.91 Å². The Kier molecular flexibility index (Phi) is 5.60. The predicted molar refractivity (Wildman–Crippen MR) is 106 cm³/mol. The van der Waals surface area contributed by atoms with Crippen molar-refractivity contribution in [3.8, 4) is 11.5 Å². The summed E-state index contributed by atoms with van der Waals surface area (Å²) in [5.74, 6) is 1.32. The lowest BCUT2D eigenvalue weighted by molar-refractivity contribution is 0.0754. The smallest absolute Gasteiger partial charge is 0.254 e. The molecule has 0 fully saturated rings. The third-order valence-corrected chi connectivity index (χ3v) is 4.56. The molecule has 1 aromatic heterocycles. The first kappa shape index (κ1) is 18.7. The highest BCUT2D eigenvalue weighted by Gasteiger charge is 2.19. The zero-order valence-corrected chi connectivity index (χ0v) is 16.2. The van der Waals surface area contributed by atoms with E-state index in [1.54, 1.807) is 14.2 Å². The van der Waals surface area contributed by atoms with E-state index in [9.17, 15) is 4.79 Å². The normalized spacial score (nSPS) is 10.7. The first-order valence-corrected chi connectivity index (χ1v) is 8.94. The van der Waals surface area contributed by atoms with E-state index in [0.717, 1.165) is 22.2 Å². The van der Waals surface area contributed by atoms with Gasteiger partial charge in [0.05, 0.1) is 25.3 Å². The van der Waals surface area contributed by atoms with E-state index in [-0.39, 0.29) is 5.91 Å². The maximum Gasteiger partial charge on any atom is 0.254 e. The van der Waals surface area contributed by atoms with Crippen LogP contribution in [0.2, 0.25) is 0 Å². The molecule has 0 unspecified atom stereocenters. The van der Waals surface area contributed by atoms with Gasteiger partial charge in [-0.3, -0.25) is 9.78 Å². The molecule has 3 aromatic rings. The van der Waals surface area contributed by atoms with Crippen LogP contribution >= 0.6 is 0 Å². The fourth-order valence-corrected chi connectivity index (χ4v) is 3.18. The summed E-state index contributed by atoms with van der Waals surface area (Å²) in [6.45, 7) is 4.98. The van der Waals surface area contributed by atoms with Gasteiger partial charge >= 0.3 is 0 Å². The molecule has 3 rings (SSSR count). The Morgan fingerprint density at radius 2 is 1.78 bits per heavy atom. The SMILES string of the molecule is CCN(Cc1ccc(OC)c(OC)c1)C(=O)c1cc(C)nc2ccccc12. The minimum atomic E-state index is -0.00557. The number of aromatic nitrogens is 1. The van der Waals surface area contributed by atoms with Gasteiger partial charge in [0, 0.05) is 24.2 Å². The monoisotopic (exact) mass is 364 g/mol. The number of carbonyl (C=O) groups is 1. The first-order valence-electron chi connectivity index (χ1n) is 8.94. The van der Waals surface area contributed by atoms with Crippen LogP contribution in [-0.4, -0.2) is 36.6 Å². The summed E-state index contributed by atoms with van der Waals surface area (Å²) in [4.78, 5) is 19.6. The highest BCUT2D eigenvalue weighted by Crippen LogP contribution is 2.28. The van der Waals surface area contributed by atoms with E-state index < -0.39 is 0 Å². The molecule has 0 N–H and O–H groups in total. The molecule has 0 saturated carbocycles. The van der Waals surface area contributed by atoms with Crippen molar-refractivity contribution in [1.82, 2.24) is 9.88 Å². The van der Waals surface area contributed by atoms with Crippen LogP contribution in [0.5, 0.6) is 11.5 Å². The molecule has 0 aliphatic rings. The fourth-order valence-electron chi connectivity index (χ4n) is 3.18. The Morgan fingerprint density at radius 3 is 2.48 bits per heavy atom. The summed E-state index contributed by atoms with van der Waals surface area (Å²) in [6.07, 6.45) is 0. The van der Waals surface area contributed by atoms with E-state index >= 15 is 0 Å². The molecular weight excluding hydrogens is 340 g/mol. The lowest BCUT2D eigenvalue weighted by Crippen LogP contribution is -2.30. The number of benzene rings is 2. The topological polar surface area (TPSA) is 51.7 Å². The Balaban J connectivity index is 1.94. The zero-order valence-electron chi connectivity index (χ0n) is 16.2. The molecule has 0 bridgehead atoms. The van der Waals surface area contributed by atoms with Crippen molar-refractivity contribution in [2.24, 2.45) is 0 Å². The van der Waals surface area contributed by atoms with E-state index in [0.29, 0.717) is 30.2 Å². The number of rotatable bonds is 6. The lowest BCUT2D eigenvalue weighted by atomic mass is 10.1. The quantitative estimate of drug-likeness (QED) is 0.657. The number of fused-ring (bicyclic) bond motifs is 1. The molecule has 27 heavy (non-hydrogen) atoms. The summed E-state index contributed by atoms with van der Waals surface area (Å²) in [5, 5.41) is 0.874. The lowest BCUT2D eigenvalue weighted by Gasteiger charge is -2.22. The summed E-state index contributed by atoms with van der Waals surface area (Å²) >= 11 is 0. The molecule has 1 heterocycles. The largest absolute Gasteiger partial charge is 0.493 e. The van der Waals surface area contributed by atoms with E-state index in [1.165, 1.54) is 0 Å². The van der Waals surface area contributed by atoms with Crippen LogP contribution in [0.3, 0.4) is 0 Å². The van der Waals surface area contributed by atoms with Crippen molar-refractivity contribution < 1.29 is 14.3 Å². The van der Waals surface area contributed by atoms with Crippen molar-refractivity contribution in [3.63, 3.8) is 0 Å². The number of hydrogen-bond acceptors (Lipinski definition) is 4. The van der Waals surface area contributed by atoms with Crippen molar-refractivity contribution in [1.29, 1.82) is 0 Å². The Hall–Kier alpha value is -3.08. The van der Waals surface area contributed by atoms with Gasteiger partial charge < -0.3 is 14.4 Å². The van der Waals surface area contributed by atoms with Crippen LogP contribution in [0, 0.1) is 6.92 Å². The Morgan fingerprint density at radius 1 is 1.04 bits per heavy atom. The third kappa shape index (κ3) is 3.87. The molecule has 5 nitrogen and oxygen atoms in total. The summed E-state index contributed by atoms with van der Waals surface area (Å²) in [5.41, 5.74) is 3.33. The Labute approximate surface area is 159 Å². The van der Waals surface area contributed by atoms with Crippen molar-refractivity contribution in [2.45, 2.75) is 20.4 Å². The average molecular weight is 364 g/mol. The minimum Gasteiger partial charge on any atom is -0.493 e. The number of carbonyl (C=O) groups excluding carboxylic acids is 1. The minimum absolute atomic E-state index is 0.00557. The average Bonchev–Trinajstić information content (AvgIpc) is 2.70. The van der Waals surface area contributed by atoms with Crippen LogP contribution in [0.1, 0.15) is 28.5 Å². The van der Waals surface area contributed by atoms with Crippen molar-refractivity contribution in [2.75, 3.05) is 20.8 Å². The fraction of sp³-hybridized carbons (Fsp3) is 0.273. The molecule has 0 saturated heterocycles. The highest BCUT2D eigenvalue weighted by molar-refractivity contribution is 6.06. The molecule has 5 heteroatoms. The molecule has 0 atom stereocenters. The maximum absolute atomic E-state index is 13.3. The van der Waals surface area contributed by atoms with Crippen LogP contribution in [0.4, 0.5) is 0 Å². The number of pyridine rings is 1. The molecule has 0 aliphatic carbocycles. The summed E-state index contributed by atoms with van der Waals surface area (Å²) in [7, 11) is 3.21. The number of para-hydroxylation sites is 1. The second-order valence-electron chi connectivity index (χ2n) is 6.34. The summed E-state index contributed by atoms with van der Waals surface area (Å²) in [6, 6.07) is 15.3. The molecule has 0 spiro atoms. The molecule has 0 radical (unpaired) electrons. The number of nitrogens with zero attached hydrogens (tertiary/aromatic N) is 2. The van der Waals surface area contributed by atoms with Gasteiger partial charge in [0.2, 0.25) is 0 Å². The molecule has 0 aliphatic heterocycles. The van der Waals surface area contributed by atoms with E-state index in [1.807, 2.05) is 67.3 Å². The van der Waals surface area contributed by atoms with Crippen LogP contribution < -0.4 is 9.47 Å². The molecule has 140 valence electrons. The predicted octanol–water partition coefficient (Wildman–Crippen LogP) is 4.22. The number of aryl methyl sites for hydroxylation is 1. The standard InChI is InChI=1S/C22H24N2O3/c1-5-24(14-16-10-11-20(26-3)21(13-16)27-4)22(25)18-12-15(2)23-19-9-7-6-8-17(18)19/h6-13H,5,14H2,1-4H3. The second kappa shape index (κ2) is 8.08. The molecule has 1 amide bonds. The van der Waals surface area contributed by atoms with Crippen LogP contribution in [0.15, 0.2) is 48.5 Å². The van der Waals surface area contributed by atoms with Crippen molar-refractivity contribution in [3.05, 3.63) is 65.4 Å². The van der Waals surface area contributed by atoms with Gasteiger partial charge in [-0.15, -0.1) is 0 Å². The van der Waals surface area contributed by atoms with Gasteiger partial charge in [0.15, 0.2) is 11.5 Å². The highest BCUT2D eigenvalue weighted by atomic mass is 16.5. The third-order valence-electron chi connectivity index (χ3n) is 4.56. The van der Waals surface area contributed by atoms with Gasteiger partial charge in [-0.25, -0.2) is 0 Å². The van der Waals surface area contributed by atoms with Crippen LogP contribution in [0.25, 0.3) is 10.9 Å². The molecular formula is C22H24N2O3. The number of ether oxygens (including phenoxy) is 2.